The van der Waals surface area contributed by atoms with Gasteiger partial charge in [0, 0.05) is 44.0 Å². The Bertz CT molecular complexity index is 1610. The first-order valence-electron chi connectivity index (χ1n) is 13.0. The lowest BCUT2D eigenvalue weighted by Gasteiger charge is -2.42. The highest BCUT2D eigenvalue weighted by molar-refractivity contribution is 8.12. The van der Waals surface area contributed by atoms with Gasteiger partial charge in [-0.3, -0.25) is 4.31 Å². The van der Waals surface area contributed by atoms with Gasteiger partial charge in [-0.25, -0.2) is 18.4 Å². The molecule has 3 heterocycles. The van der Waals surface area contributed by atoms with Gasteiger partial charge >= 0.3 is 6.18 Å². The molecule has 41 heavy (non-hydrogen) atoms. The van der Waals surface area contributed by atoms with Crippen LogP contribution >= 0.6 is 10.7 Å². The van der Waals surface area contributed by atoms with Gasteiger partial charge in [-0.1, -0.05) is 35.7 Å². The number of benzene rings is 2. The second kappa shape index (κ2) is 11.4. The zero-order valence-electron chi connectivity index (χ0n) is 22.7. The van der Waals surface area contributed by atoms with E-state index in [1.54, 1.807) is 6.92 Å². The third kappa shape index (κ3) is 5.52. The van der Waals surface area contributed by atoms with Crippen molar-refractivity contribution in [3.63, 3.8) is 0 Å². The maximum absolute atomic E-state index is 15.0. The quantitative estimate of drug-likeness (QED) is 0.223. The summed E-state index contributed by atoms with van der Waals surface area (Å²) in [6.07, 6.45) is -0.830. The molecular weight excluding hydrogens is 563 g/mol. The Hall–Kier alpha value is -3.58. The molecule has 2 aromatic heterocycles. The number of hydrogen-bond donors (Lipinski definition) is 1. The number of aromatic hydroxyl groups is 1. The molecular formula is C28H29F5N6OS. The number of aromatic nitrogens is 4. The van der Waals surface area contributed by atoms with Crippen LogP contribution in [0.4, 0.5) is 27.9 Å². The number of alkyl halides is 3. The molecule has 1 N–H and O–H groups in total. The molecule has 1 aliphatic rings. The Morgan fingerprint density at radius 3 is 2.51 bits per heavy atom. The number of phenolic OH excluding ortho intramolecular Hbond substituents is 1. The van der Waals surface area contributed by atoms with E-state index in [1.165, 1.54) is 10.9 Å². The van der Waals surface area contributed by atoms with E-state index in [4.69, 9.17) is 4.98 Å². The predicted octanol–water partition coefficient (Wildman–Crippen LogP) is 5.88. The molecule has 0 spiro atoms. The number of nitrogens with zero attached hydrogens (tertiary/aromatic N) is 6. The number of halogens is 5. The molecule has 0 bridgehead atoms. The molecule has 7 nitrogen and oxygen atoms in total. The summed E-state index contributed by atoms with van der Waals surface area (Å²) in [5.74, 6) is -4.90. The Balaban J connectivity index is 1.59. The van der Waals surface area contributed by atoms with Crippen LogP contribution in [0.3, 0.4) is 0 Å². The van der Waals surface area contributed by atoms with Gasteiger partial charge in [0.05, 0.1) is 10.9 Å². The summed E-state index contributed by atoms with van der Waals surface area (Å²) in [6.45, 7) is 6.30. The summed E-state index contributed by atoms with van der Waals surface area (Å²) in [7, 11) is -0.00911. The van der Waals surface area contributed by atoms with E-state index in [0.717, 1.165) is 25.1 Å². The normalized spacial score (nSPS) is 17.5. The maximum atomic E-state index is 15.0. The number of hydrogen-bond acceptors (Lipinski definition) is 6. The van der Waals surface area contributed by atoms with Crippen molar-refractivity contribution in [3.05, 3.63) is 65.4 Å². The summed E-state index contributed by atoms with van der Waals surface area (Å²) in [4.78, 5) is 11.4. The van der Waals surface area contributed by atoms with E-state index < -0.39 is 34.7 Å². The first-order chi connectivity index (χ1) is 19.5. The van der Waals surface area contributed by atoms with Gasteiger partial charge in [0.1, 0.15) is 5.69 Å². The number of piperazine rings is 1. The molecule has 1 aliphatic heterocycles. The lowest BCUT2D eigenvalue weighted by Crippen LogP contribution is -2.53. The number of rotatable bonds is 6. The van der Waals surface area contributed by atoms with Gasteiger partial charge < -0.3 is 10.0 Å². The van der Waals surface area contributed by atoms with E-state index in [9.17, 15) is 27.1 Å². The molecule has 2 aromatic carbocycles. The number of aryl methyl sites for hydroxylation is 1. The van der Waals surface area contributed by atoms with Crippen molar-refractivity contribution in [1.82, 2.24) is 24.1 Å². The van der Waals surface area contributed by atoms with Crippen LogP contribution in [0.1, 0.15) is 25.0 Å². The van der Waals surface area contributed by atoms with Crippen LogP contribution in [0.5, 0.6) is 5.75 Å². The fourth-order valence-corrected chi connectivity index (χ4v) is 6.15. The van der Waals surface area contributed by atoms with E-state index in [-0.39, 0.29) is 34.3 Å². The van der Waals surface area contributed by atoms with Gasteiger partial charge in [-0.2, -0.15) is 23.3 Å². The van der Waals surface area contributed by atoms with Crippen molar-refractivity contribution in [2.45, 2.75) is 39.0 Å². The molecule has 0 amide bonds. The predicted molar refractivity (Wildman–Crippen MR) is 151 cm³/mol. The second-order valence-electron chi connectivity index (χ2n) is 9.70. The lowest BCUT2D eigenvalue weighted by atomic mass is 10.0. The minimum atomic E-state index is -5.15. The molecule has 5 rings (SSSR count). The van der Waals surface area contributed by atoms with Gasteiger partial charge in [-0.05, 0) is 38.2 Å². The van der Waals surface area contributed by atoms with Crippen LogP contribution in [-0.4, -0.2) is 66.5 Å². The Morgan fingerprint density at radius 2 is 1.85 bits per heavy atom. The first-order valence-corrected chi connectivity index (χ1v) is 14.7. The van der Waals surface area contributed by atoms with Gasteiger partial charge in [0.2, 0.25) is 5.95 Å². The van der Waals surface area contributed by atoms with Gasteiger partial charge in [-0.15, -0.1) is 10.7 Å². The molecule has 13 heteroatoms. The minimum absolute atomic E-state index is 0.00911. The molecule has 1 saturated heterocycles. The average molecular weight is 593 g/mol. The van der Waals surface area contributed by atoms with Crippen LogP contribution in [0.2, 0.25) is 0 Å². The molecule has 1 unspecified atom stereocenters. The summed E-state index contributed by atoms with van der Waals surface area (Å²) < 4.78 is 73.3. The van der Waals surface area contributed by atoms with Crippen molar-refractivity contribution in [2.24, 2.45) is 0 Å². The van der Waals surface area contributed by atoms with E-state index >= 15 is 0 Å². The van der Waals surface area contributed by atoms with Crippen LogP contribution < -0.4 is 4.90 Å². The monoisotopic (exact) mass is 592 g/mol. The van der Waals surface area contributed by atoms with Crippen LogP contribution in [0.25, 0.3) is 22.3 Å². The van der Waals surface area contributed by atoms with E-state index in [0.29, 0.717) is 24.2 Å². The number of anilines is 1. The summed E-state index contributed by atoms with van der Waals surface area (Å²) in [5, 5.41) is 16.5. The van der Waals surface area contributed by atoms with Crippen molar-refractivity contribution < 1.29 is 27.1 Å². The highest BCUT2D eigenvalue weighted by Crippen LogP contribution is 2.41. The Labute approximate surface area is 236 Å². The highest BCUT2D eigenvalue weighted by atomic mass is 32.2. The zero-order valence-corrected chi connectivity index (χ0v) is 23.5. The van der Waals surface area contributed by atoms with Crippen molar-refractivity contribution in [2.75, 3.05) is 30.8 Å². The third-order valence-electron chi connectivity index (χ3n) is 7.28. The fraction of sp³-hybridized carbons (Fsp3) is 0.357. The first kappa shape index (κ1) is 28.9. The summed E-state index contributed by atoms with van der Waals surface area (Å²) in [6, 6.07) is 10.4. The zero-order chi connectivity index (χ0) is 29.5. The van der Waals surface area contributed by atoms with Gasteiger partial charge in [0.15, 0.2) is 23.0 Å². The van der Waals surface area contributed by atoms with Crippen LogP contribution in [0, 0.1) is 11.6 Å². The van der Waals surface area contributed by atoms with Crippen molar-refractivity contribution in [3.8, 4) is 17.0 Å². The van der Waals surface area contributed by atoms with Crippen LogP contribution in [0.15, 0.2) is 42.6 Å². The molecule has 0 aliphatic carbocycles. The Kier molecular flexibility index (Phi) is 8.02. The van der Waals surface area contributed by atoms with Gasteiger partial charge in [0.25, 0.3) is 0 Å². The molecule has 218 valence electrons. The lowest BCUT2D eigenvalue weighted by molar-refractivity contribution is -0.140. The van der Waals surface area contributed by atoms with Crippen LogP contribution in [-0.2, 0) is 19.1 Å². The molecule has 0 radical (unpaired) electrons. The third-order valence-corrected chi connectivity index (χ3v) is 9.11. The summed E-state index contributed by atoms with van der Waals surface area (Å²) >= 11 is 0. The Morgan fingerprint density at radius 1 is 1.12 bits per heavy atom. The SMILES string of the molecule is C/C=S(\C)N1CCN(c2ncc3c(-c4cc(C(F)(F)F)c(F)c(O)c4F)nn(CC)c3n2)[C@H](Cc2ccccc2)C1. The largest absolute Gasteiger partial charge is 0.503 e. The molecule has 2 atom stereocenters. The standard InChI is InChI=1S/C28H29F5N6OS/c1-4-39-26-20(24(36-39)19-14-21(28(31,32)33)23(30)25(40)22(19)29)15-34-27(35-26)38-12-11-37(41(3)5-2)16-18(38)13-17-9-7-6-8-10-17/h5-10,14-15,18,40H,4,11-13,16H2,1-3H3/t18-,41?/m1/s1. The summed E-state index contributed by atoms with van der Waals surface area (Å²) in [5.41, 5.74) is -1.24. The smallest absolute Gasteiger partial charge is 0.419 e. The topological polar surface area (TPSA) is 70.3 Å². The van der Waals surface area contributed by atoms with Crippen molar-refractivity contribution >= 4 is 33.0 Å². The number of fused-ring (bicyclic) bond motifs is 1. The molecule has 0 saturated carbocycles. The van der Waals surface area contributed by atoms with E-state index in [2.05, 4.69) is 43.0 Å². The second-order valence-corrected chi connectivity index (χ2v) is 11.7. The molecule has 4 aromatic rings. The molecule has 1 fully saturated rings. The highest BCUT2D eigenvalue weighted by Gasteiger charge is 2.38. The maximum Gasteiger partial charge on any atom is 0.419 e. The fourth-order valence-electron chi connectivity index (χ4n) is 5.07. The average Bonchev–Trinajstić information content (AvgIpc) is 3.33. The minimum Gasteiger partial charge on any atom is -0.503 e. The number of phenols is 1. The van der Waals surface area contributed by atoms with Crippen molar-refractivity contribution in [1.29, 1.82) is 0 Å². The van der Waals surface area contributed by atoms with E-state index in [1.807, 2.05) is 25.1 Å².